The first-order valence-corrected chi connectivity index (χ1v) is 4.90. The van der Waals surface area contributed by atoms with Crippen LogP contribution >= 0.6 is 0 Å². The Morgan fingerprint density at radius 2 is 2.07 bits per heavy atom. The molecule has 0 spiro atoms. The number of hydrogen-bond donors (Lipinski definition) is 4. The molecule has 1 heterocycles. The fraction of sp³-hybridized carbons (Fsp3) is 0.778. The van der Waals surface area contributed by atoms with Gasteiger partial charge in [0.25, 0.3) is 0 Å². The van der Waals surface area contributed by atoms with E-state index >= 15 is 0 Å². The van der Waals surface area contributed by atoms with Gasteiger partial charge >= 0.3 is 0 Å². The second-order valence-electron chi connectivity index (χ2n) is 3.76. The van der Waals surface area contributed by atoms with Crippen molar-refractivity contribution in [3.63, 3.8) is 0 Å². The van der Waals surface area contributed by atoms with E-state index in [1.165, 1.54) is 0 Å². The Balaban J connectivity index is 2.66. The second kappa shape index (κ2) is 4.69. The van der Waals surface area contributed by atoms with Gasteiger partial charge < -0.3 is 10.2 Å². The van der Waals surface area contributed by atoms with Crippen molar-refractivity contribution in [2.75, 3.05) is 13.2 Å². The van der Waals surface area contributed by atoms with Crippen LogP contribution < -0.4 is 10.6 Å². The molecular formula is C9H16N2O4. The molecule has 1 atom stereocenters. The first kappa shape index (κ1) is 12.1. The Hall–Kier alpha value is -0.980. The summed E-state index contributed by atoms with van der Waals surface area (Å²) in [4.78, 5) is 22.2. The summed E-state index contributed by atoms with van der Waals surface area (Å²) < 4.78 is 0. The summed E-state index contributed by atoms with van der Waals surface area (Å²) in [5.74, 6) is -0.738. The van der Waals surface area contributed by atoms with E-state index in [-0.39, 0.29) is 25.5 Å². The Labute approximate surface area is 87.7 Å². The molecular weight excluding hydrogens is 200 g/mol. The molecule has 6 nitrogen and oxygen atoms in total. The van der Waals surface area contributed by atoms with E-state index in [9.17, 15) is 9.59 Å². The molecule has 2 amide bonds. The molecule has 1 fully saturated rings. The molecule has 6 heteroatoms. The Morgan fingerprint density at radius 1 is 1.47 bits per heavy atom. The lowest BCUT2D eigenvalue weighted by Crippen LogP contribution is -2.57. The van der Waals surface area contributed by atoms with Crippen molar-refractivity contribution in [1.82, 2.24) is 10.6 Å². The summed E-state index contributed by atoms with van der Waals surface area (Å²) in [7, 11) is 0. The molecule has 1 aliphatic rings. The van der Waals surface area contributed by atoms with E-state index in [0.717, 1.165) is 0 Å². The molecule has 86 valence electrons. The molecule has 0 radical (unpaired) electrons. The number of rotatable bonds is 5. The zero-order valence-corrected chi connectivity index (χ0v) is 8.62. The van der Waals surface area contributed by atoms with Gasteiger partial charge in [0.1, 0.15) is 0 Å². The topological polar surface area (TPSA) is 98.7 Å². The summed E-state index contributed by atoms with van der Waals surface area (Å²) in [6.07, 6.45) is 0.526. The minimum absolute atomic E-state index is 0.0561. The van der Waals surface area contributed by atoms with Crippen molar-refractivity contribution in [2.45, 2.75) is 31.3 Å². The maximum absolute atomic E-state index is 11.3. The molecule has 0 bridgehead atoms. The van der Waals surface area contributed by atoms with Crippen molar-refractivity contribution in [3.05, 3.63) is 0 Å². The highest BCUT2D eigenvalue weighted by Crippen LogP contribution is 2.13. The van der Waals surface area contributed by atoms with Crippen LogP contribution in [-0.2, 0) is 9.59 Å². The predicted octanol–water partition coefficient (Wildman–Crippen LogP) is -1.88. The molecule has 0 saturated carbocycles. The summed E-state index contributed by atoms with van der Waals surface area (Å²) >= 11 is 0. The van der Waals surface area contributed by atoms with Crippen molar-refractivity contribution in [2.24, 2.45) is 0 Å². The van der Waals surface area contributed by atoms with Crippen molar-refractivity contribution < 1.29 is 19.8 Å². The molecule has 1 rings (SSSR count). The maximum Gasteiger partial charge on any atom is 0.244 e. The predicted molar refractivity (Wildman–Crippen MR) is 51.9 cm³/mol. The SMILES string of the molecule is CCC(CO)(CO)NC1CC(=O)NC1=O. The third-order valence-corrected chi connectivity index (χ3v) is 2.73. The van der Waals surface area contributed by atoms with Gasteiger partial charge in [0.2, 0.25) is 11.8 Å². The van der Waals surface area contributed by atoms with Gasteiger partial charge in [0.05, 0.1) is 31.2 Å². The van der Waals surface area contributed by atoms with E-state index in [2.05, 4.69) is 10.6 Å². The van der Waals surface area contributed by atoms with E-state index in [1.54, 1.807) is 6.92 Å². The lowest BCUT2D eigenvalue weighted by Gasteiger charge is -2.31. The fourth-order valence-electron chi connectivity index (χ4n) is 1.51. The van der Waals surface area contributed by atoms with Crippen LogP contribution in [-0.4, -0.2) is 46.8 Å². The van der Waals surface area contributed by atoms with Gasteiger partial charge in [-0.3, -0.25) is 20.2 Å². The molecule has 0 aromatic carbocycles. The van der Waals surface area contributed by atoms with Crippen LogP contribution in [0.25, 0.3) is 0 Å². The minimum Gasteiger partial charge on any atom is -0.394 e. The fourth-order valence-corrected chi connectivity index (χ4v) is 1.51. The summed E-state index contributed by atoms with van der Waals surface area (Å²) in [5, 5.41) is 23.3. The largest absolute Gasteiger partial charge is 0.394 e. The number of imide groups is 1. The van der Waals surface area contributed by atoms with Gasteiger partial charge in [-0.15, -0.1) is 0 Å². The van der Waals surface area contributed by atoms with E-state index in [1.807, 2.05) is 0 Å². The van der Waals surface area contributed by atoms with Gasteiger partial charge in [-0.2, -0.15) is 0 Å². The number of aliphatic hydroxyl groups is 2. The monoisotopic (exact) mass is 216 g/mol. The Bertz CT molecular complexity index is 255. The third-order valence-electron chi connectivity index (χ3n) is 2.73. The van der Waals surface area contributed by atoms with Crippen molar-refractivity contribution >= 4 is 11.8 Å². The van der Waals surface area contributed by atoms with Gasteiger partial charge in [-0.05, 0) is 6.42 Å². The minimum atomic E-state index is -0.896. The molecule has 4 N–H and O–H groups in total. The standard InChI is InChI=1S/C9H16N2O4/c1-2-9(4-12,5-13)11-6-3-7(14)10-8(6)15/h6,11-13H,2-5H2,1H3,(H,10,14,15). The smallest absolute Gasteiger partial charge is 0.244 e. The molecule has 15 heavy (non-hydrogen) atoms. The number of nitrogens with one attached hydrogen (secondary N) is 2. The number of carbonyl (C=O) groups is 2. The molecule has 0 aliphatic carbocycles. The molecule has 1 aliphatic heterocycles. The van der Waals surface area contributed by atoms with Gasteiger partial charge in [0.15, 0.2) is 0 Å². The summed E-state index contributed by atoms with van der Waals surface area (Å²) in [6, 6.07) is -0.656. The number of amides is 2. The molecule has 1 saturated heterocycles. The molecule has 0 aromatic heterocycles. The lowest BCUT2D eigenvalue weighted by molar-refractivity contribution is -0.125. The lowest BCUT2D eigenvalue weighted by atomic mass is 9.96. The van der Waals surface area contributed by atoms with Crippen LogP contribution in [0.4, 0.5) is 0 Å². The third kappa shape index (κ3) is 2.53. The average molecular weight is 216 g/mol. The van der Waals surface area contributed by atoms with Crippen LogP contribution in [0.2, 0.25) is 0 Å². The van der Waals surface area contributed by atoms with Gasteiger partial charge in [0, 0.05) is 0 Å². The van der Waals surface area contributed by atoms with E-state index < -0.39 is 17.5 Å². The first-order valence-electron chi connectivity index (χ1n) is 4.90. The quantitative estimate of drug-likeness (QED) is 0.403. The Morgan fingerprint density at radius 3 is 2.40 bits per heavy atom. The normalized spacial score (nSPS) is 21.9. The van der Waals surface area contributed by atoms with Crippen molar-refractivity contribution in [3.8, 4) is 0 Å². The average Bonchev–Trinajstić information content (AvgIpc) is 2.54. The Kier molecular flexibility index (Phi) is 3.78. The molecule has 0 aromatic rings. The second-order valence-corrected chi connectivity index (χ2v) is 3.76. The van der Waals surface area contributed by atoms with E-state index in [4.69, 9.17) is 10.2 Å². The highest BCUT2D eigenvalue weighted by Gasteiger charge is 2.37. The van der Waals surface area contributed by atoms with Crippen LogP contribution in [0.1, 0.15) is 19.8 Å². The highest BCUT2D eigenvalue weighted by molar-refractivity contribution is 6.05. The van der Waals surface area contributed by atoms with Crippen molar-refractivity contribution in [1.29, 1.82) is 0 Å². The maximum atomic E-state index is 11.3. The van der Waals surface area contributed by atoms with Crippen LogP contribution in [0.5, 0.6) is 0 Å². The zero-order valence-electron chi connectivity index (χ0n) is 8.62. The number of hydrogen-bond acceptors (Lipinski definition) is 5. The van der Waals surface area contributed by atoms with Gasteiger partial charge in [-0.25, -0.2) is 0 Å². The summed E-state index contributed by atoms with van der Waals surface area (Å²) in [5.41, 5.74) is -0.896. The van der Waals surface area contributed by atoms with E-state index in [0.29, 0.717) is 6.42 Å². The van der Waals surface area contributed by atoms with Crippen LogP contribution in [0.3, 0.4) is 0 Å². The first-order chi connectivity index (χ1) is 7.06. The summed E-state index contributed by atoms with van der Waals surface area (Å²) in [6.45, 7) is 1.23. The number of carbonyl (C=O) groups excluding carboxylic acids is 2. The van der Waals surface area contributed by atoms with Crippen LogP contribution in [0.15, 0.2) is 0 Å². The van der Waals surface area contributed by atoms with Crippen LogP contribution in [0, 0.1) is 0 Å². The highest BCUT2D eigenvalue weighted by atomic mass is 16.3. The van der Waals surface area contributed by atoms with Gasteiger partial charge in [-0.1, -0.05) is 6.92 Å². The number of aliphatic hydroxyl groups excluding tert-OH is 2. The zero-order chi connectivity index (χ0) is 11.5. The molecule has 1 unspecified atom stereocenters.